The zero-order chi connectivity index (χ0) is 10.7. The van der Waals surface area contributed by atoms with E-state index in [1.807, 2.05) is 0 Å². The molecule has 0 saturated carbocycles. The summed E-state index contributed by atoms with van der Waals surface area (Å²) in [5.74, 6) is 0. The van der Waals surface area contributed by atoms with E-state index in [1.165, 1.54) is 16.7 Å². The minimum Gasteiger partial charge on any atom is -0.309 e. The minimum absolute atomic E-state index is 0.871. The molecule has 0 fully saturated rings. The second-order valence-corrected chi connectivity index (χ2v) is 4.49. The highest BCUT2D eigenvalue weighted by Crippen LogP contribution is 2.20. The predicted octanol–water partition coefficient (Wildman–Crippen LogP) is 3.06. The summed E-state index contributed by atoms with van der Waals surface area (Å²) in [7, 11) is 4.19. The van der Waals surface area contributed by atoms with Gasteiger partial charge >= 0.3 is 0 Å². The van der Waals surface area contributed by atoms with Crippen molar-refractivity contribution in [2.75, 3.05) is 20.6 Å². The third kappa shape index (κ3) is 3.00. The number of aryl methyl sites for hydroxylation is 2. The molecule has 0 unspecified atom stereocenters. The molecule has 0 aliphatic rings. The van der Waals surface area contributed by atoms with Gasteiger partial charge in [0.1, 0.15) is 0 Å². The number of rotatable bonds is 3. The maximum absolute atomic E-state index is 6.04. The van der Waals surface area contributed by atoms with Crippen LogP contribution >= 0.6 is 11.6 Å². The summed E-state index contributed by atoms with van der Waals surface area (Å²) < 4.78 is 0. The Bertz CT molecular complexity index is 318. The molecular formula is C12H18ClN. The molecule has 1 nitrogen and oxygen atoms in total. The van der Waals surface area contributed by atoms with E-state index >= 15 is 0 Å². The van der Waals surface area contributed by atoms with Gasteiger partial charge in [-0.05, 0) is 57.1 Å². The molecule has 0 atom stereocenters. The first-order valence-electron chi connectivity index (χ1n) is 4.91. The van der Waals surface area contributed by atoms with Crippen molar-refractivity contribution in [3.63, 3.8) is 0 Å². The molecule has 78 valence electrons. The molecule has 2 heteroatoms. The van der Waals surface area contributed by atoms with Gasteiger partial charge in [0.05, 0.1) is 0 Å². The normalized spacial score (nSPS) is 11.0. The fourth-order valence-electron chi connectivity index (χ4n) is 1.45. The molecule has 0 bridgehead atoms. The van der Waals surface area contributed by atoms with Crippen molar-refractivity contribution >= 4 is 11.6 Å². The van der Waals surface area contributed by atoms with Crippen LogP contribution in [0.25, 0.3) is 0 Å². The summed E-state index contributed by atoms with van der Waals surface area (Å²) in [6.07, 6.45) is 1.09. The van der Waals surface area contributed by atoms with Gasteiger partial charge < -0.3 is 4.90 Å². The first kappa shape index (κ1) is 11.5. The lowest BCUT2D eigenvalue weighted by Gasteiger charge is -2.12. The maximum atomic E-state index is 6.04. The largest absolute Gasteiger partial charge is 0.309 e. The number of hydrogen-bond acceptors (Lipinski definition) is 1. The molecule has 1 aromatic rings. The van der Waals surface area contributed by atoms with Gasteiger partial charge in [-0.2, -0.15) is 0 Å². The van der Waals surface area contributed by atoms with Gasteiger partial charge in [0.25, 0.3) is 0 Å². The lowest BCUT2D eigenvalue weighted by Crippen LogP contribution is -2.15. The fraction of sp³-hybridized carbons (Fsp3) is 0.500. The molecular weight excluding hydrogens is 194 g/mol. The Hall–Kier alpha value is -0.530. The Morgan fingerprint density at radius 2 is 1.79 bits per heavy atom. The summed E-state index contributed by atoms with van der Waals surface area (Å²) >= 11 is 6.04. The van der Waals surface area contributed by atoms with Crippen molar-refractivity contribution in [3.05, 3.63) is 33.8 Å². The van der Waals surface area contributed by atoms with Crippen molar-refractivity contribution in [1.29, 1.82) is 0 Å². The van der Waals surface area contributed by atoms with Gasteiger partial charge in [0.2, 0.25) is 0 Å². The average molecular weight is 212 g/mol. The lowest BCUT2D eigenvalue weighted by molar-refractivity contribution is 0.413. The highest BCUT2D eigenvalue weighted by atomic mass is 35.5. The fourth-order valence-corrected chi connectivity index (χ4v) is 1.67. The Morgan fingerprint density at radius 3 is 2.36 bits per heavy atom. The van der Waals surface area contributed by atoms with E-state index in [-0.39, 0.29) is 0 Å². The van der Waals surface area contributed by atoms with E-state index in [1.54, 1.807) is 0 Å². The second-order valence-electron chi connectivity index (χ2n) is 4.08. The van der Waals surface area contributed by atoms with Gasteiger partial charge in [0.15, 0.2) is 0 Å². The SMILES string of the molecule is Cc1cc(CCN(C)C)c(C)cc1Cl. The first-order chi connectivity index (χ1) is 6.50. The highest BCUT2D eigenvalue weighted by Gasteiger charge is 2.03. The predicted molar refractivity (Wildman–Crippen MR) is 63.2 cm³/mol. The molecule has 0 aliphatic carbocycles. The molecule has 0 N–H and O–H groups in total. The van der Waals surface area contributed by atoms with E-state index in [0.29, 0.717) is 0 Å². The summed E-state index contributed by atoms with van der Waals surface area (Å²) in [4.78, 5) is 2.20. The zero-order valence-corrected chi connectivity index (χ0v) is 10.2. The third-order valence-corrected chi connectivity index (χ3v) is 2.85. The zero-order valence-electron chi connectivity index (χ0n) is 9.39. The van der Waals surface area contributed by atoms with Crippen LogP contribution in [0.2, 0.25) is 5.02 Å². The van der Waals surface area contributed by atoms with Crippen LogP contribution in [0.15, 0.2) is 12.1 Å². The number of halogens is 1. The van der Waals surface area contributed by atoms with Crippen molar-refractivity contribution in [3.8, 4) is 0 Å². The average Bonchev–Trinajstić information content (AvgIpc) is 2.09. The summed E-state index contributed by atoms with van der Waals surface area (Å²) in [5.41, 5.74) is 3.87. The molecule has 0 aliphatic heterocycles. The lowest BCUT2D eigenvalue weighted by atomic mass is 10.0. The smallest absolute Gasteiger partial charge is 0.0438 e. The number of benzene rings is 1. The molecule has 0 radical (unpaired) electrons. The topological polar surface area (TPSA) is 3.24 Å². The van der Waals surface area contributed by atoms with E-state index in [4.69, 9.17) is 11.6 Å². The van der Waals surface area contributed by atoms with Crippen LogP contribution in [0.1, 0.15) is 16.7 Å². The van der Waals surface area contributed by atoms with Crippen molar-refractivity contribution in [2.45, 2.75) is 20.3 Å². The van der Waals surface area contributed by atoms with Crippen molar-refractivity contribution in [2.24, 2.45) is 0 Å². The molecule has 1 aromatic carbocycles. The van der Waals surface area contributed by atoms with Crippen LogP contribution in [-0.4, -0.2) is 25.5 Å². The van der Waals surface area contributed by atoms with Crippen LogP contribution in [0, 0.1) is 13.8 Å². The van der Waals surface area contributed by atoms with Crippen LogP contribution in [0.5, 0.6) is 0 Å². The Balaban J connectivity index is 2.82. The molecule has 0 heterocycles. The summed E-state index contributed by atoms with van der Waals surface area (Å²) in [6, 6.07) is 4.25. The van der Waals surface area contributed by atoms with Crippen molar-refractivity contribution < 1.29 is 0 Å². The van der Waals surface area contributed by atoms with Crippen LogP contribution in [-0.2, 0) is 6.42 Å². The minimum atomic E-state index is 0.871. The molecule has 0 spiro atoms. The van der Waals surface area contributed by atoms with Gasteiger partial charge in [-0.3, -0.25) is 0 Å². The van der Waals surface area contributed by atoms with E-state index in [9.17, 15) is 0 Å². The van der Waals surface area contributed by atoms with Crippen LogP contribution in [0.3, 0.4) is 0 Å². The van der Waals surface area contributed by atoms with E-state index in [0.717, 1.165) is 18.0 Å². The quantitative estimate of drug-likeness (QED) is 0.743. The number of nitrogens with zero attached hydrogens (tertiary/aromatic N) is 1. The molecule has 14 heavy (non-hydrogen) atoms. The highest BCUT2D eigenvalue weighted by molar-refractivity contribution is 6.31. The molecule has 0 amide bonds. The van der Waals surface area contributed by atoms with Gasteiger partial charge in [-0.25, -0.2) is 0 Å². The Morgan fingerprint density at radius 1 is 1.14 bits per heavy atom. The van der Waals surface area contributed by atoms with E-state index < -0.39 is 0 Å². The number of likely N-dealkylation sites (N-methyl/N-ethyl adjacent to an activating group) is 1. The first-order valence-corrected chi connectivity index (χ1v) is 5.29. The summed E-state index contributed by atoms with van der Waals surface area (Å²) in [5, 5.41) is 0.871. The number of hydrogen-bond donors (Lipinski definition) is 0. The Labute approximate surface area is 91.7 Å². The van der Waals surface area contributed by atoms with E-state index in [2.05, 4.69) is 45.0 Å². The summed E-state index contributed by atoms with van der Waals surface area (Å²) in [6.45, 7) is 5.26. The molecule has 0 saturated heterocycles. The van der Waals surface area contributed by atoms with Crippen LogP contribution in [0.4, 0.5) is 0 Å². The molecule has 1 rings (SSSR count). The third-order valence-electron chi connectivity index (χ3n) is 2.45. The molecule has 0 aromatic heterocycles. The van der Waals surface area contributed by atoms with Gasteiger partial charge in [-0.15, -0.1) is 0 Å². The van der Waals surface area contributed by atoms with Crippen molar-refractivity contribution in [1.82, 2.24) is 4.90 Å². The van der Waals surface area contributed by atoms with Gasteiger partial charge in [0, 0.05) is 11.6 Å². The van der Waals surface area contributed by atoms with Crippen LogP contribution < -0.4 is 0 Å². The second kappa shape index (κ2) is 4.81. The monoisotopic (exact) mass is 211 g/mol. The van der Waals surface area contributed by atoms with Gasteiger partial charge in [-0.1, -0.05) is 17.7 Å². The maximum Gasteiger partial charge on any atom is 0.0438 e. The Kier molecular flexibility index (Phi) is 3.97. The standard InChI is InChI=1S/C12H18ClN/c1-9-8-12(13)10(2)7-11(9)5-6-14(3)4/h7-8H,5-6H2,1-4H3.